The number of hydrogen-bond donors (Lipinski definition) is 1. The molecule has 140 valence electrons. The highest BCUT2D eigenvalue weighted by atomic mass is 35.5. The van der Waals surface area contributed by atoms with Crippen LogP contribution in [0, 0.1) is 0 Å². The molecular weight excluding hydrogens is 340 g/mol. The number of benzene rings is 2. The van der Waals surface area contributed by atoms with Gasteiger partial charge in [-0.05, 0) is 49.2 Å². The van der Waals surface area contributed by atoms with Gasteiger partial charge in [0.25, 0.3) is 0 Å². The molecule has 0 unspecified atom stereocenters. The third-order valence-corrected chi connectivity index (χ3v) is 3.37. The summed E-state index contributed by atoms with van der Waals surface area (Å²) in [5.74, 6) is 2.25. The van der Waals surface area contributed by atoms with Crippen molar-refractivity contribution in [2.45, 2.75) is 26.3 Å². The molecule has 0 bridgehead atoms. The number of methoxy groups -OCH3 is 2. The van der Waals surface area contributed by atoms with E-state index in [0.717, 1.165) is 35.8 Å². The third-order valence-electron chi connectivity index (χ3n) is 3.06. The smallest absolute Gasteiger partial charge is 0.118 e. The van der Waals surface area contributed by atoms with Crippen molar-refractivity contribution < 1.29 is 19.3 Å². The van der Waals surface area contributed by atoms with Gasteiger partial charge in [-0.1, -0.05) is 24.3 Å². The zero-order valence-corrected chi connectivity index (χ0v) is 16.3. The molecule has 0 spiro atoms. The fourth-order valence-electron chi connectivity index (χ4n) is 1.65. The van der Waals surface area contributed by atoms with Gasteiger partial charge in [-0.25, -0.2) is 0 Å². The Morgan fingerprint density at radius 3 is 1.40 bits per heavy atom. The molecule has 5 heteroatoms. The normalized spacial score (nSPS) is 9.20. The lowest BCUT2D eigenvalue weighted by molar-refractivity contribution is 0.162. The van der Waals surface area contributed by atoms with Gasteiger partial charge in [0.05, 0.1) is 20.8 Å². The second-order valence-corrected chi connectivity index (χ2v) is 5.04. The van der Waals surface area contributed by atoms with E-state index in [1.807, 2.05) is 62.4 Å². The van der Waals surface area contributed by atoms with Crippen LogP contribution in [0.1, 0.15) is 25.0 Å². The predicted molar refractivity (Wildman–Crippen MR) is 104 cm³/mol. The fourth-order valence-corrected chi connectivity index (χ4v) is 1.83. The van der Waals surface area contributed by atoms with Crippen molar-refractivity contribution in [2.24, 2.45) is 0 Å². The zero-order chi connectivity index (χ0) is 18.9. The van der Waals surface area contributed by atoms with Gasteiger partial charge < -0.3 is 19.3 Å². The highest BCUT2D eigenvalue weighted by Gasteiger charge is 1.90. The Morgan fingerprint density at radius 2 is 1.16 bits per heavy atom. The average Bonchev–Trinajstić information content (AvgIpc) is 2.69. The maximum absolute atomic E-state index is 8.66. The van der Waals surface area contributed by atoms with E-state index in [1.54, 1.807) is 14.2 Å². The van der Waals surface area contributed by atoms with E-state index in [1.165, 1.54) is 0 Å². The molecule has 0 saturated carbocycles. The number of aliphatic hydroxyl groups is 1. The lowest BCUT2D eigenvalue weighted by Crippen LogP contribution is -1.84. The van der Waals surface area contributed by atoms with Crippen LogP contribution in [-0.4, -0.2) is 32.5 Å². The van der Waals surface area contributed by atoms with E-state index in [2.05, 4.69) is 0 Å². The Balaban J connectivity index is 0.000000368. The van der Waals surface area contributed by atoms with E-state index < -0.39 is 0 Å². The lowest BCUT2D eigenvalue weighted by Gasteiger charge is -1.98. The average molecular weight is 369 g/mol. The molecule has 1 N–H and O–H groups in total. The van der Waals surface area contributed by atoms with Crippen LogP contribution in [0.3, 0.4) is 0 Å². The number of hydrogen-bond acceptors (Lipinski definition) is 4. The summed E-state index contributed by atoms with van der Waals surface area (Å²) < 4.78 is 14.7. The van der Waals surface area contributed by atoms with E-state index >= 15 is 0 Å². The molecule has 0 aromatic heterocycles. The Labute approximate surface area is 156 Å². The van der Waals surface area contributed by atoms with Gasteiger partial charge in [-0.15, -0.1) is 11.6 Å². The first-order valence-electron chi connectivity index (χ1n) is 8.15. The van der Waals surface area contributed by atoms with Gasteiger partial charge in [0.15, 0.2) is 0 Å². The van der Waals surface area contributed by atoms with Gasteiger partial charge in [0.2, 0.25) is 0 Å². The summed E-state index contributed by atoms with van der Waals surface area (Å²) in [5.41, 5.74) is 2.02. The molecule has 0 atom stereocenters. The van der Waals surface area contributed by atoms with Crippen molar-refractivity contribution in [1.82, 2.24) is 0 Å². The van der Waals surface area contributed by atoms with Gasteiger partial charge in [-0.2, -0.15) is 0 Å². The predicted octanol–water partition coefficient (Wildman–Crippen LogP) is 4.66. The van der Waals surface area contributed by atoms with Gasteiger partial charge in [0, 0.05) is 19.1 Å². The number of halogens is 1. The molecule has 2 aromatic carbocycles. The third kappa shape index (κ3) is 11.4. The van der Waals surface area contributed by atoms with Crippen LogP contribution in [0.5, 0.6) is 11.5 Å². The van der Waals surface area contributed by atoms with E-state index in [0.29, 0.717) is 5.88 Å². The number of rotatable bonds is 6. The molecule has 0 heterocycles. The summed E-state index contributed by atoms with van der Waals surface area (Å²) in [6, 6.07) is 15.0. The maximum Gasteiger partial charge on any atom is 0.118 e. The molecule has 2 rings (SSSR count). The lowest BCUT2D eigenvalue weighted by atomic mass is 10.2. The number of ether oxygens (including phenoxy) is 3. The summed E-state index contributed by atoms with van der Waals surface area (Å²) >= 11 is 5.58. The largest absolute Gasteiger partial charge is 0.497 e. The Morgan fingerprint density at radius 1 is 0.760 bits per heavy atom. The Hall–Kier alpha value is -1.75. The minimum Gasteiger partial charge on any atom is -0.497 e. The summed E-state index contributed by atoms with van der Waals surface area (Å²) in [5, 5.41) is 8.66. The molecule has 0 saturated heterocycles. The maximum atomic E-state index is 8.66. The van der Waals surface area contributed by atoms with Crippen LogP contribution in [-0.2, 0) is 17.2 Å². The standard InChI is InChI=1S/C8H9ClO.C8H10O2.C4H10O/c2*1-10-8-4-2-7(6-9)3-5-8;1-3-5-4-2/h2-5H,6H2,1H3;2-5,9H,6H2,1H3;3-4H2,1-2H3. The van der Waals surface area contributed by atoms with Crippen LogP contribution >= 0.6 is 11.6 Å². The second-order valence-electron chi connectivity index (χ2n) is 4.77. The topological polar surface area (TPSA) is 47.9 Å². The van der Waals surface area contributed by atoms with Gasteiger partial charge >= 0.3 is 0 Å². The monoisotopic (exact) mass is 368 g/mol. The molecule has 0 radical (unpaired) electrons. The second kappa shape index (κ2) is 15.8. The summed E-state index contributed by atoms with van der Waals surface area (Å²) in [6.45, 7) is 5.75. The quantitative estimate of drug-likeness (QED) is 0.753. The van der Waals surface area contributed by atoms with Crippen LogP contribution in [0.15, 0.2) is 48.5 Å². The highest BCUT2D eigenvalue weighted by molar-refractivity contribution is 6.17. The van der Waals surface area contributed by atoms with Crippen molar-refractivity contribution in [2.75, 3.05) is 27.4 Å². The molecule has 0 fully saturated rings. The first-order chi connectivity index (χ1) is 12.1. The van der Waals surface area contributed by atoms with Crippen molar-refractivity contribution in [3.05, 3.63) is 59.7 Å². The van der Waals surface area contributed by atoms with Crippen LogP contribution in [0.2, 0.25) is 0 Å². The van der Waals surface area contributed by atoms with Gasteiger partial charge in [0.1, 0.15) is 11.5 Å². The minimum atomic E-state index is 0.0873. The molecular formula is C20H29ClO4. The van der Waals surface area contributed by atoms with Crippen molar-refractivity contribution in [1.29, 1.82) is 0 Å². The van der Waals surface area contributed by atoms with Crippen molar-refractivity contribution in [3.63, 3.8) is 0 Å². The number of alkyl halides is 1. The van der Waals surface area contributed by atoms with Crippen molar-refractivity contribution in [3.8, 4) is 11.5 Å². The van der Waals surface area contributed by atoms with E-state index in [9.17, 15) is 0 Å². The van der Waals surface area contributed by atoms with E-state index in [-0.39, 0.29) is 6.61 Å². The molecule has 2 aromatic rings. The summed E-state index contributed by atoms with van der Waals surface area (Å²) in [6.07, 6.45) is 0. The molecule has 0 amide bonds. The van der Waals surface area contributed by atoms with Crippen LogP contribution < -0.4 is 9.47 Å². The molecule has 0 aliphatic rings. The summed E-state index contributed by atoms with van der Waals surface area (Å²) in [4.78, 5) is 0. The first kappa shape index (κ1) is 23.2. The minimum absolute atomic E-state index is 0.0873. The Kier molecular flexibility index (Phi) is 14.7. The Bertz CT molecular complexity index is 431. The fraction of sp³-hybridized carbons (Fsp3) is 0.400. The molecule has 4 nitrogen and oxygen atoms in total. The van der Waals surface area contributed by atoms with Crippen LogP contribution in [0.25, 0.3) is 0 Å². The van der Waals surface area contributed by atoms with Crippen molar-refractivity contribution >= 4 is 11.6 Å². The summed E-state index contributed by atoms with van der Waals surface area (Å²) in [7, 11) is 3.27. The SMILES string of the molecule is CCOCC.COc1ccc(CCl)cc1.COc1ccc(CO)cc1. The van der Waals surface area contributed by atoms with Crippen LogP contribution in [0.4, 0.5) is 0 Å². The molecule has 0 aliphatic carbocycles. The molecule has 0 aliphatic heterocycles. The number of aliphatic hydroxyl groups excluding tert-OH is 1. The first-order valence-corrected chi connectivity index (χ1v) is 8.68. The zero-order valence-electron chi connectivity index (χ0n) is 15.5. The van der Waals surface area contributed by atoms with Gasteiger partial charge in [-0.3, -0.25) is 0 Å². The highest BCUT2D eigenvalue weighted by Crippen LogP contribution is 2.12. The molecule has 25 heavy (non-hydrogen) atoms. The van der Waals surface area contributed by atoms with E-state index in [4.69, 9.17) is 30.9 Å².